The second kappa shape index (κ2) is 6.73. The number of benzene rings is 1. The van der Waals surface area contributed by atoms with Gasteiger partial charge in [0.2, 0.25) is 0 Å². The minimum atomic E-state index is -1.54. The van der Waals surface area contributed by atoms with Crippen LogP contribution in [0.2, 0.25) is 0 Å². The molecule has 120 valence electrons. The summed E-state index contributed by atoms with van der Waals surface area (Å²) >= 11 is 0. The second-order valence-corrected chi connectivity index (χ2v) is 4.79. The van der Waals surface area contributed by atoms with Crippen LogP contribution in [0.15, 0.2) is 34.9 Å². The monoisotopic (exact) mass is 318 g/mol. The van der Waals surface area contributed by atoms with Crippen molar-refractivity contribution in [1.29, 1.82) is 0 Å². The topological polar surface area (TPSA) is 130 Å². The summed E-state index contributed by atoms with van der Waals surface area (Å²) in [6, 6.07) is 7.21. The van der Waals surface area contributed by atoms with Crippen LogP contribution >= 0.6 is 0 Å². The number of carbonyl (C=O) groups is 3. The number of nitrogens with one attached hydrogen (secondary N) is 1. The van der Waals surface area contributed by atoms with E-state index < -0.39 is 30.3 Å². The van der Waals surface area contributed by atoms with Gasteiger partial charge in [-0.05, 0) is 6.92 Å². The summed E-state index contributed by atoms with van der Waals surface area (Å²) in [5, 5.41) is 23.7. The van der Waals surface area contributed by atoms with Gasteiger partial charge >= 0.3 is 11.9 Å². The quantitative estimate of drug-likeness (QED) is 0.732. The van der Waals surface area contributed by atoms with Gasteiger partial charge in [-0.25, -0.2) is 4.79 Å². The van der Waals surface area contributed by atoms with E-state index in [9.17, 15) is 14.4 Å². The lowest BCUT2D eigenvalue weighted by molar-refractivity contribution is -0.145. The largest absolute Gasteiger partial charge is 0.481 e. The maximum absolute atomic E-state index is 12.3. The minimum absolute atomic E-state index is 0.0767. The summed E-state index contributed by atoms with van der Waals surface area (Å²) in [4.78, 5) is 34.1. The fourth-order valence-corrected chi connectivity index (χ4v) is 2.04. The lowest BCUT2D eigenvalue weighted by atomic mass is 10.1. The molecule has 0 bridgehead atoms. The van der Waals surface area contributed by atoms with E-state index in [1.165, 1.54) is 6.92 Å². The Bertz CT molecular complexity index is 738. The number of carboxylic acid groups (broad SMARTS) is 2. The van der Waals surface area contributed by atoms with Gasteiger partial charge in [0.15, 0.2) is 0 Å². The number of nitrogens with zero attached hydrogens (tertiary/aromatic N) is 1. The van der Waals surface area contributed by atoms with Crippen molar-refractivity contribution >= 4 is 17.8 Å². The maximum atomic E-state index is 12.3. The molecule has 0 aliphatic carbocycles. The smallest absolute Gasteiger partial charge is 0.326 e. The van der Waals surface area contributed by atoms with Gasteiger partial charge < -0.3 is 20.1 Å². The molecule has 0 aliphatic heterocycles. The molecule has 0 unspecified atom stereocenters. The molecular weight excluding hydrogens is 304 g/mol. The van der Waals surface area contributed by atoms with Crippen molar-refractivity contribution in [2.75, 3.05) is 0 Å². The SMILES string of the molecule is Cc1onc(-c2ccccc2)c1C(=O)N[C@H](CC(=O)O)C(=O)O. The number of aromatic nitrogens is 1. The van der Waals surface area contributed by atoms with Crippen LogP contribution in [0.25, 0.3) is 11.3 Å². The summed E-state index contributed by atoms with van der Waals surface area (Å²) in [7, 11) is 0. The predicted octanol–water partition coefficient (Wildman–Crippen LogP) is 1.31. The molecule has 2 aromatic rings. The van der Waals surface area contributed by atoms with Crippen molar-refractivity contribution < 1.29 is 29.1 Å². The fourth-order valence-electron chi connectivity index (χ4n) is 2.04. The van der Waals surface area contributed by atoms with Gasteiger partial charge in [0.05, 0.1) is 6.42 Å². The zero-order valence-electron chi connectivity index (χ0n) is 12.1. The Morgan fingerprint density at radius 1 is 1.22 bits per heavy atom. The summed E-state index contributed by atoms with van der Waals surface area (Å²) in [5.41, 5.74) is 0.965. The third-order valence-electron chi connectivity index (χ3n) is 3.12. The van der Waals surface area contributed by atoms with Crippen LogP contribution < -0.4 is 5.32 Å². The van der Waals surface area contributed by atoms with Gasteiger partial charge in [-0.15, -0.1) is 0 Å². The second-order valence-electron chi connectivity index (χ2n) is 4.79. The Hall–Kier alpha value is -3.16. The van der Waals surface area contributed by atoms with E-state index >= 15 is 0 Å². The molecule has 1 aromatic carbocycles. The standard InChI is InChI=1S/C15H14N2O6/c1-8-12(13(17-23-8)9-5-3-2-4-6-9)14(20)16-10(15(21)22)7-11(18)19/h2-6,10H,7H2,1H3,(H,16,20)(H,18,19)(H,21,22)/t10-/m1/s1. The number of amides is 1. The highest BCUT2D eigenvalue weighted by atomic mass is 16.5. The van der Waals surface area contributed by atoms with Crippen molar-refractivity contribution in [3.05, 3.63) is 41.7 Å². The van der Waals surface area contributed by atoms with Crippen molar-refractivity contribution in [3.8, 4) is 11.3 Å². The zero-order chi connectivity index (χ0) is 17.0. The molecule has 1 aromatic heterocycles. The molecule has 8 heteroatoms. The summed E-state index contributed by atoms with van der Waals surface area (Å²) in [6.45, 7) is 1.52. The summed E-state index contributed by atoms with van der Waals surface area (Å²) in [6.07, 6.45) is -0.730. The lowest BCUT2D eigenvalue weighted by Gasteiger charge is -2.12. The van der Waals surface area contributed by atoms with E-state index in [-0.39, 0.29) is 17.0 Å². The Morgan fingerprint density at radius 2 is 1.87 bits per heavy atom. The zero-order valence-corrected chi connectivity index (χ0v) is 12.1. The molecule has 3 N–H and O–H groups in total. The summed E-state index contributed by atoms with van der Waals surface area (Å²) < 4.78 is 5.02. The van der Waals surface area contributed by atoms with Crippen LogP contribution in [0, 0.1) is 6.92 Å². The van der Waals surface area contributed by atoms with Crippen LogP contribution in [0.4, 0.5) is 0 Å². The van der Waals surface area contributed by atoms with Crippen molar-refractivity contribution in [2.24, 2.45) is 0 Å². The average Bonchev–Trinajstić information content (AvgIpc) is 2.88. The van der Waals surface area contributed by atoms with Crippen molar-refractivity contribution in [2.45, 2.75) is 19.4 Å². The highest BCUT2D eigenvalue weighted by Crippen LogP contribution is 2.25. The third kappa shape index (κ3) is 3.73. The molecule has 0 aliphatic rings. The fraction of sp³-hybridized carbons (Fsp3) is 0.200. The van der Waals surface area contributed by atoms with Crippen LogP contribution in [0.5, 0.6) is 0 Å². The van der Waals surface area contributed by atoms with E-state index in [1.807, 2.05) is 0 Å². The number of hydrogen-bond donors (Lipinski definition) is 3. The highest BCUT2D eigenvalue weighted by Gasteiger charge is 2.28. The number of aliphatic carboxylic acids is 2. The third-order valence-corrected chi connectivity index (χ3v) is 3.12. The van der Waals surface area contributed by atoms with Crippen LogP contribution in [-0.4, -0.2) is 39.3 Å². The lowest BCUT2D eigenvalue weighted by Crippen LogP contribution is -2.42. The predicted molar refractivity (Wildman–Crippen MR) is 77.8 cm³/mol. The van der Waals surface area contributed by atoms with Gasteiger partial charge in [-0.1, -0.05) is 35.5 Å². The first-order valence-corrected chi connectivity index (χ1v) is 6.67. The van der Waals surface area contributed by atoms with E-state index in [0.717, 1.165) is 0 Å². The highest BCUT2D eigenvalue weighted by molar-refractivity contribution is 6.02. The number of carboxylic acids is 2. The number of aryl methyl sites for hydroxylation is 1. The Morgan fingerprint density at radius 3 is 2.43 bits per heavy atom. The van der Waals surface area contributed by atoms with Crippen molar-refractivity contribution in [1.82, 2.24) is 10.5 Å². The first-order chi connectivity index (χ1) is 10.9. The van der Waals surface area contributed by atoms with Crippen LogP contribution in [0.1, 0.15) is 22.5 Å². The van der Waals surface area contributed by atoms with Gasteiger partial charge in [-0.2, -0.15) is 0 Å². The van der Waals surface area contributed by atoms with Gasteiger partial charge in [0, 0.05) is 5.56 Å². The molecule has 8 nitrogen and oxygen atoms in total. The first kappa shape index (κ1) is 16.2. The Balaban J connectivity index is 2.31. The molecule has 2 rings (SSSR count). The normalized spacial score (nSPS) is 11.7. The molecule has 1 amide bonds. The Labute approximate surface area is 130 Å². The van der Waals surface area contributed by atoms with E-state index in [0.29, 0.717) is 5.56 Å². The Kier molecular flexibility index (Phi) is 4.75. The molecule has 0 spiro atoms. The van der Waals surface area contributed by atoms with Gasteiger partial charge in [-0.3, -0.25) is 9.59 Å². The molecule has 0 saturated carbocycles. The molecular formula is C15H14N2O6. The minimum Gasteiger partial charge on any atom is -0.481 e. The average molecular weight is 318 g/mol. The molecule has 0 radical (unpaired) electrons. The number of rotatable bonds is 6. The molecule has 0 saturated heterocycles. The molecule has 1 atom stereocenters. The van der Waals surface area contributed by atoms with Crippen LogP contribution in [0.3, 0.4) is 0 Å². The van der Waals surface area contributed by atoms with E-state index in [4.69, 9.17) is 14.7 Å². The van der Waals surface area contributed by atoms with Crippen LogP contribution in [-0.2, 0) is 9.59 Å². The molecule has 23 heavy (non-hydrogen) atoms. The van der Waals surface area contributed by atoms with E-state index in [1.54, 1.807) is 30.3 Å². The number of carbonyl (C=O) groups excluding carboxylic acids is 1. The maximum Gasteiger partial charge on any atom is 0.326 e. The van der Waals surface area contributed by atoms with Crippen molar-refractivity contribution in [3.63, 3.8) is 0 Å². The first-order valence-electron chi connectivity index (χ1n) is 6.67. The molecule has 0 fully saturated rings. The van der Waals surface area contributed by atoms with Gasteiger partial charge in [0.25, 0.3) is 5.91 Å². The number of hydrogen-bond acceptors (Lipinski definition) is 5. The summed E-state index contributed by atoms with van der Waals surface area (Å²) in [5.74, 6) is -3.31. The van der Waals surface area contributed by atoms with Gasteiger partial charge in [0.1, 0.15) is 23.1 Å². The van der Waals surface area contributed by atoms with E-state index in [2.05, 4.69) is 10.5 Å². The molecule has 1 heterocycles.